The van der Waals surface area contributed by atoms with Crippen molar-refractivity contribution in [2.75, 3.05) is 17.2 Å². The molecule has 5 N–H and O–H groups in total. The molecule has 2 aromatic rings. The van der Waals surface area contributed by atoms with Crippen LogP contribution in [0.3, 0.4) is 0 Å². The molecule has 100 valence electrons. The first kappa shape index (κ1) is 11.7. The van der Waals surface area contributed by atoms with Crippen LogP contribution in [-0.2, 0) is 4.79 Å². The lowest BCUT2D eigenvalue weighted by atomic mass is 10.0. The lowest BCUT2D eigenvalue weighted by Gasteiger charge is -2.34. The second-order valence-corrected chi connectivity index (χ2v) is 4.65. The lowest BCUT2D eigenvalue weighted by molar-refractivity contribution is -0.119. The number of amides is 1. The summed E-state index contributed by atoms with van der Waals surface area (Å²) < 4.78 is 0. The largest absolute Gasteiger partial charge is 0.368 e. The molecule has 8 heteroatoms. The molecule has 1 aliphatic rings. The second-order valence-electron chi connectivity index (χ2n) is 4.65. The summed E-state index contributed by atoms with van der Waals surface area (Å²) in [6, 6.07) is -0.346. The summed E-state index contributed by atoms with van der Waals surface area (Å²) in [6.07, 6.45) is 4.35. The van der Waals surface area contributed by atoms with E-state index in [4.69, 9.17) is 11.5 Å². The van der Waals surface area contributed by atoms with Crippen molar-refractivity contribution in [3.63, 3.8) is 0 Å². The van der Waals surface area contributed by atoms with Crippen molar-refractivity contribution in [3.05, 3.63) is 6.20 Å². The number of rotatable bonds is 2. The van der Waals surface area contributed by atoms with E-state index < -0.39 is 0 Å². The van der Waals surface area contributed by atoms with Gasteiger partial charge in [0.15, 0.2) is 5.65 Å². The number of primary amides is 1. The summed E-state index contributed by atoms with van der Waals surface area (Å²) in [5.41, 5.74) is 11.7. The Labute approximate surface area is 109 Å². The van der Waals surface area contributed by atoms with Crippen LogP contribution in [0.5, 0.6) is 0 Å². The Morgan fingerprint density at radius 2 is 2.26 bits per heavy atom. The van der Waals surface area contributed by atoms with Gasteiger partial charge >= 0.3 is 0 Å². The standard InChI is InChI=1S/C11H15N7O/c12-8(19)7-3-1-2-4-18(7)10-6-5-14-17-9(6)15-11(13)16-10/h5,7H,1-4H2,(H2,12,19)(H3,13,14,15,16,17). The van der Waals surface area contributed by atoms with E-state index in [1.165, 1.54) is 0 Å². The highest BCUT2D eigenvalue weighted by molar-refractivity contribution is 5.91. The van der Waals surface area contributed by atoms with Crippen LogP contribution in [0.1, 0.15) is 19.3 Å². The van der Waals surface area contributed by atoms with Crippen molar-refractivity contribution in [2.45, 2.75) is 25.3 Å². The van der Waals surface area contributed by atoms with E-state index in [9.17, 15) is 4.79 Å². The van der Waals surface area contributed by atoms with E-state index >= 15 is 0 Å². The number of aromatic amines is 1. The van der Waals surface area contributed by atoms with Gasteiger partial charge in [0.05, 0.1) is 11.6 Å². The zero-order chi connectivity index (χ0) is 13.4. The van der Waals surface area contributed by atoms with Gasteiger partial charge < -0.3 is 16.4 Å². The number of carbonyl (C=O) groups is 1. The number of fused-ring (bicyclic) bond motifs is 1. The fourth-order valence-corrected chi connectivity index (χ4v) is 2.54. The number of piperidine rings is 1. The van der Waals surface area contributed by atoms with Crippen molar-refractivity contribution in [1.82, 2.24) is 20.2 Å². The molecule has 0 saturated carbocycles. The number of carbonyl (C=O) groups excluding carboxylic acids is 1. The lowest BCUT2D eigenvalue weighted by Crippen LogP contribution is -2.48. The zero-order valence-corrected chi connectivity index (χ0v) is 10.3. The van der Waals surface area contributed by atoms with Gasteiger partial charge in [-0.25, -0.2) is 0 Å². The summed E-state index contributed by atoms with van der Waals surface area (Å²) in [6.45, 7) is 0.727. The summed E-state index contributed by atoms with van der Waals surface area (Å²) in [5, 5.41) is 7.45. The first-order chi connectivity index (χ1) is 9.16. The number of hydrogen-bond donors (Lipinski definition) is 3. The predicted octanol–water partition coefficient (Wildman–Crippen LogP) is -0.221. The zero-order valence-electron chi connectivity index (χ0n) is 10.3. The van der Waals surface area contributed by atoms with Gasteiger partial charge in [0.25, 0.3) is 0 Å². The van der Waals surface area contributed by atoms with E-state index in [-0.39, 0.29) is 17.9 Å². The van der Waals surface area contributed by atoms with E-state index in [0.29, 0.717) is 11.5 Å². The molecule has 0 radical (unpaired) electrons. The van der Waals surface area contributed by atoms with Crippen molar-refractivity contribution in [2.24, 2.45) is 5.73 Å². The number of nitrogens with zero attached hydrogens (tertiary/aromatic N) is 4. The molecule has 19 heavy (non-hydrogen) atoms. The van der Waals surface area contributed by atoms with Crippen LogP contribution < -0.4 is 16.4 Å². The molecule has 3 rings (SSSR count). The summed E-state index contributed by atoms with van der Waals surface area (Å²) >= 11 is 0. The Hall–Kier alpha value is -2.38. The number of hydrogen-bond acceptors (Lipinski definition) is 6. The fraction of sp³-hybridized carbons (Fsp3) is 0.455. The van der Waals surface area contributed by atoms with E-state index in [1.54, 1.807) is 6.20 Å². The van der Waals surface area contributed by atoms with Crippen LogP contribution >= 0.6 is 0 Å². The predicted molar refractivity (Wildman–Crippen MR) is 70.3 cm³/mol. The van der Waals surface area contributed by atoms with Crippen molar-refractivity contribution >= 4 is 28.7 Å². The topological polar surface area (TPSA) is 127 Å². The molecule has 2 aromatic heterocycles. The van der Waals surface area contributed by atoms with Crippen molar-refractivity contribution in [3.8, 4) is 0 Å². The molecule has 0 aromatic carbocycles. The molecular weight excluding hydrogens is 246 g/mol. The van der Waals surface area contributed by atoms with Crippen LogP contribution in [0.15, 0.2) is 6.20 Å². The Morgan fingerprint density at radius 3 is 3.05 bits per heavy atom. The average molecular weight is 261 g/mol. The maximum absolute atomic E-state index is 11.6. The number of H-pyrrole nitrogens is 1. The second kappa shape index (κ2) is 4.38. The van der Waals surface area contributed by atoms with Crippen molar-refractivity contribution in [1.29, 1.82) is 0 Å². The number of anilines is 2. The van der Waals surface area contributed by atoms with Crippen LogP contribution in [0.2, 0.25) is 0 Å². The monoisotopic (exact) mass is 261 g/mol. The highest BCUT2D eigenvalue weighted by atomic mass is 16.1. The molecule has 1 aliphatic heterocycles. The SMILES string of the molecule is NC(=O)C1CCCCN1c1nc(N)nc2[nH]ncc12. The van der Waals surface area contributed by atoms with E-state index in [1.807, 2.05) is 4.90 Å². The molecular formula is C11H15N7O. The molecule has 1 fully saturated rings. The van der Waals surface area contributed by atoms with Gasteiger partial charge in [0, 0.05) is 6.54 Å². The average Bonchev–Trinajstić information content (AvgIpc) is 2.85. The molecule has 0 spiro atoms. The number of nitrogens with two attached hydrogens (primary N) is 2. The van der Waals surface area contributed by atoms with Crippen LogP contribution in [0.25, 0.3) is 11.0 Å². The van der Waals surface area contributed by atoms with Gasteiger partial charge in [-0.15, -0.1) is 0 Å². The van der Waals surface area contributed by atoms with Crippen LogP contribution in [-0.4, -0.2) is 38.7 Å². The molecule has 3 heterocycles. The van der Waals surface area contributed by atoms with Gasteiger partial charge in [-0.2, -0.15) is 15.1 Å². The summed E-state index contributed by atoms with van der Waals surface area (Å²) in [4.78, 5) is 21.8. The normalized spacial score (nSPS) is 19.8. The fourth-order valence-electron chi connectivity index (χ4n) is 2.54. The van der Waals surface area contributed by atoms with Crippen LogP contribution in [0.4, 0.5) is 11.8 Å². The van der Waals surface area contributed by atoms with Crippen molar-refractivity contribution < 1.29 is 4.79 Å². The highest BCUT2D eigenvalue weighted by Gasteiger charge is 2.29. The molecule has 1 saturated heterocycles. The molecule has 1 unspecified atom stereocenters. The third-order valence-corrected chi connectivity index (χ3v) is 3.41. The molecule has 0 bridgehead atoms. The van der Waals surface area contributed by atoms with Gasteiger partial charge in [-0.3, -0.25) is 9.89 Å². The maximum Gasteiger partial charge on any atom is 0.240 e. The van der Waals surface area contributed by atoms with Gasteiger partial charge in [-0.05, 0) is 19.3 Å². The Bertz CT molecular complexity index is 623. The van der Waals surface area contributed by atoms with Gasteiger partial charge in [-0.1, -0.05) is 0 Å². The number of nitrogen functional groups attached to an aromatic ring is 1. The highest BCUT2D eigenvalue weighted by Crippen LogP contribution is 2.28. The summed E-state index contributed by atoms with van der Waals surface area (Å²) in [7, 11) is 0. The third kappa shape index (κ3) is 1.94. The first-order valence-electron chi connectivity index (χ1n) is 6.19. The Balaban J connectivity index is 2.11. The maximum atomic E-state index is 11.6. The molecule has 0 aliphatic carbocycles. The number of aromatic nitrogens is 4. The minimum Gasteiger partial charge on any atom is -0.368 e. The van der Waals surface area contributed by atoms with E-state index in [2.05, 4.69) is 20.2 Å². The molecule has 8 nitrogen and oxygen atoms in total. The first-order valence-corrected chi connectivity index (χ1v) is 6.19. The smallest absolute Gasteiger partial charge is 0.240 e. The molecule has 1 atom stereocenters. The third-order valence-electron chi connectivity index (χ3n) is 3.41. The quantitative estimate of drug-likeness (QED) is 0.685. The number of nitrogens with one attached hydrogen (secondary N) is 1. The minimum absolute atomic E-state index is 0.153. The van der Waals surface area contributed by atoms with Crippen LogP contribution in [0, 0.1) is 0 Å². The Morgan fingerprint density at radius 1 is 1.42 bits per heavy atom. The van der Waals surface area contributed by atoms with Gasteiger partial charge in [0.1, 0.15) is 11.9 Å². The molecule has 1 amide bonds. The van der Waals surface area contributed by atoms with E-state index in [0.717, 1.165) is 31.2 Å². The summed E-state index contributed by atoms with van der Waals surface area (Å²) in [5.74, 6) is 0.439. The van der Waals surface area contributed by atoms with Gasteiger partial charge in [0.2, 0.25) is 11.9 Å². The minimum atomic E-state index is -0.346. The Kier molecular flexibility index (Phi) is 2.69.